The van der Waals surface area contributed by atoms with Gasteiger partial charge in [0, 0.05) is 0 Å². The number of carbonyl (C=O) groups is 1. The summed E-state index contributed by atoms with van der Waals surface area (Å²) in [5.74, 6) is -0.505. The van der Waals surface area contributed by atoms with Gasteiger partial charge in [-0.3, -0.25) is 0 Å². The van der Waals surface area contributed by atoms with E-state index in [2.05, 4.69) is 15.9 Å². The average Bonchev–Trinajstić information content (AvgIpc) is 2.19. The van der Waals surface area contributed by atoms with Crippen LogP contribution in [0.2, 0.25) is 5.02 Å². The third kappa shape index (κ3) is 2.80. The van der Waals surface area contributed by atoms with Crippen LogP contribution in [0.4, 0.5) is 0 Å². The molecule has 6 heteroatoms. The molecule has 0 heterocycles. The minimum absolute atomic E-state index is 0.0226. The Morgan fingerprint density at radius 2 is 2.19 bits per heavy atom. The number of rotatable bonds is 4. The molecule has 1 aromatic carbocycles. The lowest BCUT2D eigenvalue weighted by Gasteiger charge is -2.14. The van der Waals surface area contributed by atoms with E-state index in [0.717, 1.165) is 0 Å². The van der Waals surface area contributed by atoms with Gasteiger partial charge in [0.15, 0.2) is 16.5 Å². The monoisotopic (exact) mass is 308 g/mol. The van der Waals surface area contributed by atoms with E-state index in [0.29, 0.717) is 5.75 Å². The van der Waals surface area contributed by atoms with E-state index in [1.165, 1.54) is 19.2 Å². The lowest BCUT2D eigenvalue weighted by molar-refractivity contribution is 0.0696. The van der Waals surface area contributed by atoms with E-state index in [4.69, 9.17) is 26.2 Å². The molecule has 0 fully saturated rings. The van der Waals surface area contributed by atoms with Crippen molar-refractivity contribution in [2.75, 3.05) is 7.11 Å². The predicted octanol–water partition coefficient (Wildman–Crippen LogP) is 3.17. The van der Waals surface area contributed by atoms with E-state index < -0.39 is 5.97 Å². The van der Waals surface area contributed by atoms with E-state index in [1.807, 2.05) is 0 Å². The van der Waals surface area contributed by atoms with Gasteiger partial charge in [0.1, 0.15) is 5.02 Å². The van der Waals surface area contributed by atoms with Crippen molar-refractivity contribution < 1.29 is 19.4 Å². The van der Waals surface area contributed by atoms with Crippen LogP contribution in [0.25, 0.3) is 0 Å². The third-order valence-electron chi connectivity index (χ3n) is 1.79. The van der Waals surface area contributed by atoms with Gasteiger partial charge in [0.05, 0.1) is 12.7 Å². The fraction of sp³-hybridized carbons (Fsp3) is 0.300. The van der Waals surface area contributed by atoms with Crippen molar-refractivity contribution in [1.29, 1.82) is 0 Å². The van der Waals surface area contributed by atoms with Gasteiger partial charge in [0.2, 0.25) is 0 Å². The van der Waals surface area contributed by atoms with Gasteiger partial charge in [-0.1, -0.05) is 11.6 Å². The molecule has 1 atom stereocenters. The number of ether oxygens (including phenoxy) is 2. The van der Waals surface area contributed by atoms with Gasteiger partial charge >= 0.3 is 5.97 Å². The molecule has 4 nitrogen and oxygen atoms in total. The molecule has 1 unspecified atom stereocenters. The highest BCUT2D eigenvalue weighted by molar-refractivity contribution is 9.09. The molecule has 0 aliphatic heterocycles. The Bertz CT molecular complexity index is 406. The molecule has 0 bridgehead atoms. The average molecular weight is 310 g/mol. The SMILES string of the molecule is COc1ccc(C(=O)O)c(Cl)c1OC(C)Br. The molecule has 0 aliphatic carbocycles. The Morgan fingerprint density at radius 3 is 2.62 bits per heavy atom. The largest absolute Gasteiger partial charge is 0.493 e. The summed E-state index contributed by atoms with van der Waals surface area (Å²) in [6, 6.07) is 2.87. The molecule has 0 saturated heterocycles. The maximum Gasteiger partial charge on any atom is 0.337 e. The molecule has 1 aromatic rings. The minimum Gasteiger partial charge on any atom is -0.493 e. The number of aromatic carboxylic acids is 1. The first-order valence-electron chi connectivity index (χ1n) is 4.38. The van der Waals surface area contributed by atoms with Gasteiger partial charge in [-0.05, 0) is 35.0 Å². The summed E-state index contributed by atoms with van der Waals surface area (Å²) < 4.78 is 10.4. The molecule has 0 amide bonds. The molecule has 0 saturated carbocycles. The molecule has 0 radical (unpaired) electrons. The van der Waals surface area contributed by atoms with Crippen LogP contribution in [0.15, 0.2) is 12.1 Å². The molecule has 0 spiro atoms. The molecule has 1 N–H and O–H groups in total. The fourth-order valence-electron chi connectivity index (χ4n) is 1.14. The highest BCUT2D eigenvalue weighted by Gasteiger charge is 2.19. The number of alkyl halides is 1. The lowest BCUT2D eigenvalue weighted by atomic mass is 10.2. The molecule has 88 valence electrons. The molecular weight excluding hydrogens is 299 g/mol. The van der Waals surface area contributed by atoms with Crippen LogP contribution in [0.1, 0.15) is 17.3 Å². The van der Waals surface area contributed by atoms with Crippen molar-refractivity contribution in [3.05, 3.63) is 22.7 Å². The van der Waals surface area contributed by atoms with Gasteiger partial charge in [-0.25, -0.2) is 4.79 Å². The van der Waals surface area contributed by atoms with Gasteiger partial charge in [-0.15, -0.1) is 0 Å². The lowest BCUT2D eigenvalue weighted by Crippen LogP contribution is -2.06. The van der Waals surface area contributed by atoms with Gasteiger partial charge in [0.25, 0.3) is 0 Å². The molecule has 0 aromatic heterocycles. The number of methoxy groups -OCH3 is 1. The predicted molar refractivity (Wildman–Crippen MR) is 64.0 cm³/mol. The smallest absolute Gasteiger partial charge is 0.337 e. The highest BCUT2D eigenvalue weighted by atomic mass is 79.9. The number of benzene rings is 1. The first kappa shape index (κ1) is 13.1. The van der Waals surface area contributed by atoms with Crippen LogP contribution in [0.5, 0.6) is 11.5 Å². The number of carboxylic acid groups (broad SMARTS) is 1. The van der Waals surface area contributed by atoms with Crippen LogP contribution in [0.3, 0.4) is 0 Å². The number of hydrogen-bond acceptors (Lipinski definition) is 3. The van der Waals surface area contributed by atoms with Crippen molar-refractivity contribution in [1.82, 2.24) is 0 Å². The molecular formula is C10H10BrClO4. The van der Waals surface area contributed by atoms with Crippen LogP contribution < -0.4 is 9.47 Å². The fourth-order valence-corrected chi connectivity index (χ4v) is 1.60. The molecule has 1 rings (SSSR count). The topological polar surface area (TPSA) is 55.8 Å². The maximum atomic E-state index is 10.9. The molecule has 0 aliphatic rings. The van der Waals surface area contributed by atoms with Crippen LogP contribution in [-0.4, -0.2) is 23.2 Å². The van der Waals surface area contributed by atoms with Crippen LogP contribution in [0, 0.1) is 0 Å². The van der Waals surface area contributed by atoms with Crippen molar-refractivity contribution in [3.8, 4) is 11.5 Å². The quantitative estimate of drug-likeness (QED) is 0.868. The molecule has 16 heavy (non-hydrogen) atoms. The third-order valence-corrected chi connectivity index (χ3v) is 2.35. The van der Waals surface area contributed by atoms with Crippen LogP contribution in [-0.2, 0) is 0 Å². The number of halogens is 2. The van der Waals surface area contributed by atoms with E-state index >= 15 is 0 Å². The Balaban J connectivity index is 3.28. The zero-order valence-corrected chi connectivity index (χ0v) is 11.0. The second kappa shape index (κ2) is 5.41. The number of hydrogen-bond donors (Lipinski definition) is 1. The Kier molecular flexibility index (Phi) is 4.44. The normalized spacial score (nSPS) is 12.0. The van der Waals surface area contributed by atoms with Crippen molar-refractivity contribution in [2.45, 2.75) is 11.9 Å². The first-order chi connectivity index (χ1) is 7.47. The summed E-state index contributed by atoms with van der Waals surface area (Å²) >= 11 is 9.11. The van der Waals surface area contributed by atoms with Crippen LogP contribution >= 0.6 is 27.5 Å². The summed E-state index contributed by atoms with van der Waals surface area (Å²) in [7, 11) is 1.46. The maximum absolute atomic E-state index is 10.9. The Labute approximate surface area is 106 Å². The standard InChI is InChI=1S/C10H10BrClO4/c1-5(11)16-9-7(15-2)4-3-6(8(9)12)10(13)14/h3-5H,1-2H3,(H,13,14). The van der Waals surface area contributed by atoms with E-state index in [-0.39, 0.29) is 21.3 Å². The van der Waals surface area contributed by atoms with Crippen molar-refractivity contribution in [2.24, 2.45) is 0 Å². The Hall–Kier alpha value is -0.940. The highest BCUT2D eigenvalue weighted by Crippen LogP contribution is 2.38. The summed E-state index contributed by atoms with van der Waals surface area (Å²) in [4.78, 5) is 10.9. The van der Waals surface area contributed by atoms with E-state index in [1.54, 1.807) is 6.92 Å². The second-order valence-electron chi connectivity index (χ2n) is 2.92. The first-order valence-corrected chi connectivity index (χ1v) is 5.67. The number of carboxylic acids is 1. The van der Waals surface area contributed by atoms with Gasteiger partial charge in [-0.2, -0.15) is 0 Å². The van der Waals surface area contributed by atoms with E-state index in [9.17, 15) is 4.79 Å². The summed E-state index contributed by atoms with van der Waals surface area (Å²) in [6.07, 6.45) is 0. The second-order valence-corrected chi connectivity index (χ2v) is 4.59. The zero-order chi connectivity index (χ0) is 12.3. The zero-order valence-electron chi connectivity index (χ0n) is 8.66. The summed E-state index contributed by atoms with van der Waals surface area (Å²) in [5.41, 5.74) is -0.0226. The summed E-state index contributed by atoms with van der Waals surface area (Å²) in [5, 5.41) is 8.62. The summed E-state index contributed by atoms with van der Waals surface area (Å²) in [6.45, 7) is 1.74. The van der Waals surface area contributed by atoms with Crippen molar-refractivity contribution in [3.63, 3.8) is 0 Å². The Morgan fingerprint density at radius 1 is 1.56 bits per heavy atom. The van der Waals surface area contributed by atoms with Crippen molar-refractivity contribution >= 4 is 33.5 Å². The minimum atomic E-state index is -1.11. The van der Waals surface area contributed by atoms with Gasteiger partial charge < -0.3 is 14.6 Å².